The van der Waals surface area contributed by atoms with Crippen LogP contribution in [0, 0.1) is 5.82 Å². The fourth-order valence-electron chi connectivity index (χ4n) is 2.08. The van der Waals surface area contributed by atoms with Crippen molar-refractivity contribution in [2.45, 2.75) is 12.8 Å². The Balaban J connectivity index is 1.55. The van der Waals surface area contributed by atoms with Gasteiger partial charge in [0.15, 0.2) is 0 Å². The number of hydrogen-bond acceptors (Lipinski definition) is 3. The third-order valence-corrected chi connectivity index (χ3v) is 4.14. The molecule has 0 atom stereocenters. The molecule has 0 radical (unpaired) electrons. The average molecular weight is 286 g/mol. The van der Waals surface area contributed by atoms with Crippen molar-refractivity contribution in [3.63, 3.8) is 0 Å². The molecule has 0 fully saturated rings. The molecule has 0 amide bonds. The highest BCUT2D eigenvalue weighted by molar-refractivity contribution is 7.18. The van der Waals surface area contributed by atoms with Gasteiger partial charge in [-0.15, -0.1) is 11.3 Å². The van der Waals surface area contributed by atoms with E-state index in [2.05, 4.69) is 22.4 Å². The number of nitrogens with zero attached hydrogens (tertiary/aromatic N) is 1. The van der Waals surface area contributed by atoms with Gasteiger partial charge in [-0.05, 0) is 36.8 Å². The molecule has 2 nitrogen and oxygen atoms in total. The van der Waals surface area contributed by atoms with Gasteiger partial charge in [-0.2, -0.15) is 0 Å². The molecule has 0 saturated carbocycles. The second kappa shape index (κ2) is 6.01. The molecule has 1 heterocycles. The summed E-state index contributed by atoms with van der Waals surface area (Å²) in [6, 6.07) is 14.9. The van der Waals surface area contributed by atoms with Crippen LogP contribution in [0.5, 0.6) is 0 Å². The van der Waals surface area contributed by atoms with Crippen molar-refractivity contribution < 1.29 is 4.39 Å². The lowest BCUT2D eigenvalue weighted by Crippen LogP contribution is -2.02. The minimum Gasteiger partial charge on any atom is -0.385 e. The lowest BCUT2D eigenvalue weighted by Gasteiger charge is -2.04. The lowest BCUT2D eigenvalue weighted by atomic mass is 10.3. The monoisotopic (exact) mass is 286 g/mol. The highest BCUT2D eigenvalue weighted by Gasteiger charge is 2.04. The summed E-state index contributed by atoms with van der Waals surface area (Å²) in [7, 11) is 0. The number of benzene rings is 2. The van der Waals surface area contributed by atoms with Crippen molar-refractivity contribution in [3.8, 4) is 0 Å². The summed E-state index contributed by atoms with van der Waals surface area (Å²) in [5, 5.41) is 4.44. The number of para-hydroxylation sites is 1. The van der Waals surface area contributed by atoms with Gasteiger partial charge in [0.05, 0.1) is 15.2 Å². The summed E-state index contributed by atoms with van der Waals surface area (Å²) in [5.74, 6) is -0.196. The first-order chi connectivity index (χ1) is 9.81. The number of hydrogen-bond donors (Lipinski definition) is 1. The largest absolute Gasteiger partial charge is 0.385 e. The van der Waals surface area contributed by atoms with Crippen LogP contribution in [-0.4, -0.2) is 11.5 Å². The molecule has 1 N–H and O–H groups in total. The molecular formula is C16H15FN2S. The van der Waals surface area contributed by atoms with Gasteiger partial charge in [-0.25, -0.2) is 9.37 Å². The SMILES string of the molecule is Fc1ccc2nc(CCCNc3ccccc3)sc2c1. The Kier molecular flexibility index (Phi) is 3.92. The van der Waals surface area contributed by atoms with E-state index in [1.165, 1.54) is 6.07 Å². The molecule has 3 rings (SSSR count). The topological polar surface area (TPSA) is 24.9 Å². The maximum absolute atomic E-state index is 13.1. The van der Waals surface area contributed by atoms with E-state index in [4.69, 9.17) is 0 Å². The van der Waals surface area contributed by atoms with Crippen LogP contribution in [0.15, 0.2) is 48.5 Å². The molecule has 0 unspecified atom stereocenters. The lowest BCUT2D eigenvalue weighted by molar-refractivity contribution is 0.630. The molecule has 2 aromatic carbocycles. The van der Waals surface area contributed by atoms with Crippen LogP contribution in [0.25, 0.3) is 10.2 Å². The normalized spacial score (nSPS) is 10.8. The highest BCUT2D eigenvalue weighted by Crippen LogP contribution is 2.23. The second-order valence-corrected chi connectivity index (χ2v) is 5.73. The molecule has 3 aromatic rings. The van der Waals surface area contributed by atoms with Crippen LogP contribution < -0.4 is 5.32 Å². The Labute approximate surface area is 121 Å². The van der Waals surface area contributed by atoms with Crippen molar-refractivity contribution in [2.75, 3.05) is 11.9 Å². The van der Waals surface area contributed by atoms with E-state index in [-0.39, 0.29) is 5.82 Å². The number of fused-ring (bicyclic) bond motifs is 1. The predicted molar refractivity (Wildman–Crippen MR) is 82.8 cm³/mol. The molecule has 0 bridgehead atoms. The van der Waals surface area contributed by atoms with Crippen molar-refractivity contribution in [1.82, 2.24) is 4.98 Å². The van der Waals surface area contributed by atoms with E-state index in [1.54, 1.807) is 23.5 Å². The van der Waals surface area contributed by atoms with Crippen LogP contribution in [-0.2, 0) is 6.42 Å². The van der Waals surface area contributed by atoms with Crippen molar-refractivity contribution in [3.05, 3.63) is 59.4 Å². The van der Waals surface area contributed by atoms with E-state index < -0.39 is 0 Å². The Morgan fingerprint density at radius 2 is 1.95 bits per heavy atom. The van der Waals surface area contributed by atoms with E-state index >= 15 is 0 Å². The Hall–Kier alpha value is -1.94. The Morgan fingerprint density at radius 1 is 1.10 bits per heavy atom. The molecule has 4 heteroatoms. The number of rotatable bonds is 5. The molecular weight excluding hydrogens is 271 g/mol. The summed E-state index contributed by atoms with van der Waals surface area (Å²) in [6.45, 7) is 0.911. The zero-order chi connectivity index (χ0) is 13.8. The zero-order valence-corrected chi connectivity index (χ0v) is 11.8. The standard InChI is InChI=1S/C16H15FN2S/c17-12-8-9-14-15(11-12)20-16(19-14)7-4-10-18-13-5-2-1-3-6-13/h1-3,5-6,8-9,11,18H,4,7,10H2. The summed E-state index contributed by atoms with van der Waals surface area (Å²) >= 11 is 1.58. The number of nitrogens with one attached hydrogen (secondary N) is 1. The molecule has 20 heavy (non-hydrogen) atoms. The first kappa shape index (κ1) is 13.1. The first-order valence-electron chi connectivity index (χ1n) is 6.65. The third-order valence-electron chi connectivity index (χ3n) is 3.07. The molecule has 0 saturated heterocycles. The first-order valence-corrected chi connectivity index (χ1v) is 7.47. The molecule has 102 valence electrons. The number of thiazole rings is 1. The Bertz CT molecular complexity index is 694. The molecule has 0 spiro atoms. The Morgan fingerprint density at radius 3 is 2.80 bits per heavy atom. The number of anilines is 1. The van der Waals surface area contributed by atoms with E-state index in [1.807, 2.05) is 18.2 Å². The highest BCUT2D eigenvalue weighted by atomic mass is 32.1. The smallest absolute Gasteiger partial charge is 0.124 e. The van der Waals surface area contributed by atoms with Gasteiger partial charge in [0.2, 0.25) is 0 Å². The summed E-state index contributed by atoms with van der Waals surface area (Å²) in [5.41, 5.74) is 2.03. The van der Waals surface area contributed by atoms with Crippen LogP contribution in [0.2, 0.25) is 0 Å². The zero-order valence-electron chi connectivity index (χ0n) is 11.0. The summed E-state index contributed by atoms with van der Waals surface area (Å²) in [6.07, 6.45) is 1.93. The maximum Gasteiger partial charge on any atom is 0.124 e. The van der Waals surface area contributed by atoms with Crippen molar-refractivity contribution >= 4 is 27.2 Å². The van der Waals surface area contributed by atoms with Gasteiger partial charge < -0.3 is 5.32 Å². The van der Waals surface area contributed by atoms with Crippen LogP contribution in [0.3, 0.4) is 0 Å². The fourth-order valence-corrected chi connectivity index (χ4v) is 3.12. The average Bonchev–Trinajstić information content (AvgIpc) is 2.86. The molecule has 0 aliphatic rings. The summed E-state index contributed by atoms with van der Waals surface area (Å²) in [4.78, 5) is 4.52. The number of halogens is 1. The third kappa shape index (κ3) is 3.14. The van der Waals surface area contributed by atoms with E-state index in [0.29, 0.717) is 0 Å². The van der Waals surface area contributed by atoms with Gasteiger partial charge in [-0.3, -0.25) is 0 Å². The van der Waals surface area contributed by atoms with Gasteiger partial charge in [0.25, 0.3) is 0 Å². The van der Waals surface area contributed by atoms with Crippen LogP contribution in [0.4, 0.5) is 10.1 Å². The van der Waals surface area contributed by atoms with Gasteiger partial charge in [0, 0.05) is 18.7 Å². The number of aryl methyl sites for hydroxylation is 1. The van der Waals surface area contributed by atoms with Crippen molar-refractivity contribution in [2.24, 2.45) is 0 Å². The molecule has 0 aliphatic carbocycles. The van der Waals surface area contributed by atoms with Crippen molar-refractivity contribution in [1.29, 1.82) is 0 Å². The minimum absolute atomic E-state index is 0.196. The quantitative estimate of drug-likeness (QED) is 0.699. The molecule has 0 aliphatic heterocycles. The predicted octanol–water partition coefficient (Wildman–Crippen LogP) is 4.48. The maximum atomic E-state index is 13.1. The van der Waals surface area contributed by atoms with Gasteiger partial charge in [-0.1, -0.05) is 18.2 Å². The number of aromatic nitrogens is 1. The van der Waals surface area contributed by atoms with Gasteiger partial charge >= 0.3 is 0 Å². The minimum atomic E-state index is -0.196. The van der Waals surface area contributed by atoms with Crippen LogP contribution in [0.1, 0.15) is 11.4 Å². The molecule has 1 aromatic heterocycles. The van der Waals surface area contributed by atoms with E-state index in [0.717, 1.165) is 40.3 Å². The fraction of sp³-hybridized carbons (Fsp3) is 0.188. The second-order valence-electron chi connectivity index (χ2n) is 4.62. The van der Waals surface area contributed by atoms with E-state index in [9.17, 15) is 4.39 Å². The van der Waals surface area contributed by atoms with Crippen LogP contribution >= 0.6 is 11.3 Å². The van der Waals surface area contributed by atoms with Gasteiger partial charge in [0.1, 0.15) is 5.82 Å². The summed E-state index contributed by atoms with van der Waals surface area (Å²) < 4.78 is 14.0.